The van der Waals surface area contributed by atoms with Crippen LogP contribution in [0.2, 0.25) is 0 Å². The fourth-order valence-electron chi connectivity index (χ4n) is 1.91. The summed E-state index contributed by atoms with van der Waals surface area (Å²) < 4.78 is 5.51. The highest BCUT2D eigenvalue weighted by atomic mass is 16.6. The third kappa shape index (κ3) is 4.69. The van der Waals surface area contributed by atoms with Crippen molar-refractivity contribution in [2.24, 2.45) is 0 Å². The van der Waals surface area contributed by atoms with Gasteiger partial charge in [0.1, 0.15) is 5.78 Å². The van der Waals surface area contributed by atoms with E-state index in [1.165, 1.54) is 6.07 Å². The molecular weight excluding hydrogens is 246 g/mol. The van der Waals surface area contributed by atoms with E-state index < -0.39 is 4.92 Å². The predicted molar refractivity (Wildman–Crippen MR) is 72.6 cm³/mol. The van der Waals surface area contributed by atoms with Crippen LogP contribution >= 0.6 is 0 Å². The zero-order valence-corrected chi connectivity index (χ0v) is 11.6. The van der Waals surface area contributed by atoms with E-state index in [1.807, 2.05) is 13.0 Å². The van der Waals surface area contributed by atoms with Crippen molar-refractivity contribution in [1.29, 1.82) is 0 Å². The third-order valence-electron chi connectivity index (χ3n) is 2.77. The average Bonchev–Trinajstić information content (AvgIpc) is 2.29. The van der Waals surface area contributed by atoms with Crippen LogP contribution in [-0.4, -0.2) is 17.3 Å². The molecule has 5 heteroatoms. The van der Waals surface area contributed by atoms with Gasteiger partial charge in [0, 0.05) is 12.5 Å². The lowest BCUT2D eigenvalue weighted by Crippen LogP contribution is -2.03. The first-order valence-corrected chi connectivity index (χ1v) is 6.29. The molecule has 104 valence electrons. The van der Waals surface area contributed by atoms with Crippen molar-refractivity contribution in [2.45, 2.75) is 40.0 Å². The molecule has 0 saturated heterocycles. The lowest BCUT2D eigenvalue weighted by molar-refractivity contribution is -0.386. The SMILES string of the molecule is CC(=O)CCCCOc1c(C)cc(C)cc1[N+](=O)[O-]. The van der Waals surface area contributed by atoms with Gasteiger partial charge in [0.15, 0.2) is 5.75 Å². The molecule has 19 heavy (non-hydrogen) atoms. The third-order valence-corrected chi connectivity index (χ3v) is 2.77. The Kier molecular flexibility index (Phi) is 5.48. The molecule has 0 aliphatic heterocycles. The first-order chi connectivity index (χ1) is 8.91. The smallest absolute Gasteiger partial charge is 0.311 e. The molecule has 0 amide bonds. The summed E-state index contributed by atoms with van der Waals surface area (Å²) in [5.41, 5.74) is 1.61. The Bertz CT molecular complexity index is 483. The van der Waals surface area contributed by atoms with E-state index in [-0.39, 0.29) is 11.5 Å². The molecule has 0 spiro atoms. The standard InChI is InChI=1S/C14H19NO4/c1-10-8-11(2)14(13(9-10)15(17)18)19-7-5-4-6-12(3)16/h8-9H,4-7H2,1-3H3. The van der Waals surface area contributed by atoms with Crippen molar-refractivity contribution in [1.82, 2.24) is 0 Å². The number of nitrogens with zero attached hydrogens (tertiary/aromatic N) is 1. The largest absolute Gasteiger partial charge is 0.487 e. The van der Waals surface area contributed by atoms with Crippen LogP contribution in [0.15, 0.2) is 12.1 Å². The lowest BCUT2D eigenvalue weighted by atomic mass is 10.1. The normalized spacial score (nSPS) is 10.3. The monoisotopic (exact) mass is 265 g/mol. The Morgan fingerprint density at radius 1 is 1.32 bits per heavy atom. The zero-order chi connectivity index (χ0) is 14.4. The highest BCUT2D eigenvalue weighted by Crippen LogP contribution is 2.32. The number of ketones is 1. The second kappa shape index (κ2) is 6.87. The summed E-state index contributed by atoms with van der Waals surface area (Å²) in [7, 11) is 0. The summed E-state index contributed by atoms with van der Waals surface area (Å²) in [6.07, 6.45) is 1.98. The van der Waals surface area contributed by atoms with Crippen molar-refractivity contribution in [3.05, 3.63) is 33.4 Å². The van der Waals surface area contributed by atoms with Crippen molar-refractivity contribution in [3.63, 3.8) is 0 Å². The maximum absolute atomic E-state index is 11.0. The maximum atomic E-state index is 11.0. The fraction of sp³-hybridized carbons (Fsp3) is 0.500. The van der Waals surface area contributed by atoms with Crippen LogP contribution in [0, 0.1) is 24.0 Å². The number of benzene rings is 1. The summed E-state index contributed by atoms with van der Waals surface area (Å²) in [6, 6.07) is 3.37. The molecule has 0 fully saturated rings. The van der Waals surface area contributed by atoms with Gasteiger partial charge in [-0.2, -0.15) is 0 Å². The van der Waals surface area contributed by atoms with Gasteiger partial charge in [0.2, 0.25) is 0 Å². The van der Waals surface area contributed by atoms with Crippen LogP contribution in [0.25, 0.3) is 0 Å². The molecule has 0 atom stereocenters. The first-order valence-electron chi connectivity index (χ1n) is 6.29. The van der Waals surface area contributed by atoms with Crippen LogP contribution in [0.1, 0.15) is 37.3 Å². The van der Waals surface area contributed by atoms with Gasteiger partial charge >= 0.3 is 5.69 Å². The number of nitro benzene ring substituents is 1. The highest BCUT2D eigenvalue weighted by Gasteiger charge is 2.18. The molecule has 0 aliphatic rings. The minimum Gasteiger partial charge on any atom is -0.487 e. The molecule has 0 heterocycles. The number of Topliss-reactive ketones (excluding diaryl/α,β-unsaturated/α-hetero) is 1. The zero-order valence-electron chi connectivity index (χ0n) is 11.6. The summed E-state index contributed by atoms with van der Waals surface area (Å²) in [5, 5.41) is 11.0. The molecule has 1 aromatic rings. The van der Waals surface area contributed by atoms with Gasteiger partial charge < -0.3 is 9.53 Å². The topological polar surface area (TPSA) is 69.4 Å². The van der Waals surface area contributed by atoms with Crippen LogP contribution in [0.4, 0.5) is 5.69 Å². The molecule has 0 aliphatic carbocycles. The molecule has 0 N–H and O–H groups in total. The number of hydrogen-bond donors (Lipinski definition) is 0. The van der Waals surface area contributed by atoms with Gasteiger partial charge in [0.05, 0.1) is 11.5 Å². The Balaban J connectivity index is 2.67. The minimum absolute atomic E-state index is 0.00377. The predicted octanol–water partition coefficient (Wildman–Crippen LogP) is 3.35. The first kappa shape index (κ1) is 15.1. The Hall–Kier alpha value is -1.91. The summed E-state index contributed by atoms with van der Waals surface area (Å²) in [4.78, 5) is 21.3. The summed E-state index contributed by atoms with van der Waals surface area (Å²) in [5.74, 6) is 0.482. The molecule has 0 saturated carbocycles. The maximum Gasteiger partial charge on any atom is 0.311 e. The van der Waals surface area contributed by atoms with Crippen molar-refractivity contribution < 1.29 is 14.5 Å². The molecule has 1 aromatic carbocycles. The van der Waals surface area contributed by atoms with E-state index in [0.29, 0.717) is 25.2 Å². The molecule has 0 radical (unpaired) electrons. The Morgan fingerprint density at radius 2 is 2.00 bits per heavy atom. The van der Waals surface area contributed by atoms with Gasteiger partial charge in [0.25, 0.3) is 0 Å². The van der Waals surface area contributed by atoms with Gasteiger partial charge in [-0.15, -0.1) is 0 Å². The van der Waals surface area contributed by atoms with Gasteiger partial charge in [-0.3, -0.25) is 10.1 Å². The Labute approximate surface area is 112 Å². The lowest BCUT2D eigenvalue weighted by Gasteiger charge is -2.10. The van der Waals surface area contributed by atoms with Gasteiger partial charge in [-0.1, -0.05) is 6.07 Å². The van der Waals surface area contributed by atoms with Crippen LogP contribution in [0.3, 0.4) is 0 Å². The van der Waals surface area contributed by atoms with Crippen LogP contribution in [0.5, 0.6) is 5.75 Å². The van der Waals surface area contributed by atoms with E-state index in [1.54, 1.807) is 13.8 Å². The highest BCUT2D eigenvalue weighted by molar-refractivity contribution is 5.75. The summed E-state index contributed by atoms with van der Waals surface area (Å²) in [6.45, 7) is 5.55. The van der Waals surface area contributed by atoms with Crippen molar-refractivity contribution in [3.8, 4) is 5.75 Å². The number of hydrogen-bond acceptors (Lipinski definition) is 4. The quantitative estimate of drug-likeness (QED) is 0.430. The van der Waals surface area contributed by atoms with Crippen LogP contribution < -0.4 is 4.74 Å². The fourth-order valence-corrected chi connectivity index (χ4v) is 1.91. The molecule has 5 nitrogen and oxygen atoms in total. The number of aryl methyl sites for hydroxylation is 2. The minimum atomic E-state index is -0.426. The number of rotatable bonds is 7. The number of carbonyl (C=O) groups excluding carboxylic acids is 1. The number of unbranched alkanes of at least 4 members (excludes halogenated alkanes) is 1. The number of carbonyl (C=O) groups is 1. The van der Waals surface area contributed by atoms with E-state index >= 15 is 0 Å². The Morgan fingerprint density at radius 3 is 2.58 bits per heavy atom. The molecular formula is C14H19NO4. The van der Waals surface area contributed by atoms with Gasteiger partial charge in [-0.05, 0) is 44.7 Å². The van der Waals surface area contributed by atoms with E-state index in [2.05, 4.69) is 0 Å². The van der Waals surface area contributed by atoms with E-state index in [4.69, 9.17) is 4.74 Å². The van der Waals surface area contributed by atoms with Gasteiger partial charge in [-0.25, -0.2) is 0 Å². The number of nitro groups is 1. The van der Waals surface area contributed by atoms with Crippen LogP contribution in [-0.2, 0) is 4.79 Å². The van der Waals surface area contributed by atoms with E-state index in [9.17, 15) is 14.9 Å². The molecule has 0 unspecified atom stereocenters. The second-order valence-electron chi connectivity index (χ2n) is 4.69. The average molecular weight is 265 g/mol. The van der Waals surface area contributed by atoms with E-state index in [0.717, 1.165) is 17.5 Å². The number of ether oxygens (including phenoxy) is 1. The van der Waals surface area contributed by atoms with Crippen molar-refractivity contribution >= 4 is 11.5 Å². The summed E-state index contributed by atoms with van der Waals surface area (Å²) >= 11 is 0. The van der Waals surface area contributed by atoms with Crippen molar-refractivity contribution in [2.75, 3.05) is 6.61 Å². The molecule has 0 aromatic heterocycles. The second-order valence-corrected chi connectivity index (χ2v) is 4.69. The molecule has 1 rings (SSSR count). The molecule has 0 bridgehead atoms.